The topological polar surface area (TPSA) is 66.0 Å². The van der Waals surface area contributed by atoms with E-state index >= 15 is 0 Å². The Morgan fingerprint density at radius 1 is 1.71 bits per heavy atom. The highest BCUT2D eigenvalue weighted by Gasteiger charge is 2.20. The largest absolute Gasteiger partial charge is 0.745 e. The maximum Gasteiger partial charge on any atom is 0.249 e. The molecular formula is C8H12N2O3S. The van der Waals surface area contributed by atoms with Gasteiger partial charge in [0.05, 0.1) is 6.20 Å². The number of rotatable bonds is 4. The van der Waals surface area contributed by atoms with Crippen LogP contribution in [0.5, 0.6) is 0 Å². The lowest BCUT2D eigenvalue weighted by atomic mass is 10.5. The molecule has 0 aliphatic heterocycles. The van der Waals surface area contributed by atoms with Gasteiger partial charge in [0.25, 0.3) is 0 Å². The molecule has 0 aliphatic carbocycles. The molecule has 6 heteroatoms. The van der Waals surface area contributed by atoms with Gasteiger partial charge in [-0.1, -0.05) is 13.5 Å². The summed E-state index contributed by atoms with van der Waals surface area (Å²) < 4.78 is 35.5. The highest BCUT2D eigenvalue weighted by Crippen LogP contribution is 2.09. The third kappa shape index (κ3) is 2.21. The second-order valence-electron chi connectivity index (χ2n) is 2.85. The van der Waals surface area contributed by atoms with Crippen LogP contribution >= 0.6 is 0 Å². The number of aromatic nitrogens is 2. The molecule has 14 heavy (non-hydrogen) atoms. The zero-order valence-corrected chi connectivity index (χ0v) is 8.64. The van der Waals surface area contributed by atoms with Crippen LogP contribution in [0, 0.1) is 0 Å². The molecule has 0 amide bonds. The molecular weight excluding hydrogens is 204 g/mol. The van der Waals surface area contributed by atoms with E-state index in [1.807, 2.05) is 0 Å². The number of hydrogen-bond donors (Lipinski definition) is 0. The molecule has 1 heterocycles. The zero-order chi connectivity index (χ0) is 10.8. The van der Waals surface area contributed by atoms with E-state index in [4.69, 9.17) is 0 Å². The second kappa shape index (κ2) is 3.93. The Labute approximate surface area is 83.0 Å². The molecule has 0 aromatic carbocycles. The first kappa shape index (κ1) is 10.9. The van der Waals surface area contributed by atoms with E-state index in [-0.39, 0.29) is 6.42 Å². The van der Waals surface area contributed by atoms with Crippen LogP contribution in [0.2, 0.25) is 0 Å². The number of hydrogen-bond acceptors (Lipinski definition) is 3. The zero-order valence-electron chi connectivity index (χ0n) is 7.83. The molecule has 1 aromatic heterocycles. The Bertz CT molecular complexity index is 422. The van der Waals surface area contributed by atoms with Gasteiger partial charge >= 0.3 is 0 Å². The first-order chi connectivity index (χ1) is 6.49. The van der Waals surface area contributed by atoms with E-state index in [0.717, 1.165) is 0 Å². The quantitative estimate of drug-likeness (QED) is 0.538. The minimum Gasteiger partial charge on any atom is -0.745 e. The van der Waals surface area contributed by atoms with Crippen LogP contribution in [0.3, 0.4) is 0 Å². The molecule has 0 fully saturated rings. The Hall–Kier alpha value is -1.14. The predicted octanol–water partition coefficient (Wildman–Crippen LogP) is 0.330. The fourth-order valence-electron chi connectivity index (χ4n) is 1.23. The van der Waals surface area contributed by atoms with Crippen molar-refractivity contribution in [1.29, 1.82) is 0 Å². The van der Waals surface area contributed by atoms with Crippen LogP contribution in [0.4, 0.5) is 0 Å². The third-order valence-electron chi connectivity index (χ3n) is 1.90. The number of imidazole rings is 1. The highest BCUT2D eigenvalue weighted by atomic mass is 32.2. The van der Waals surface area contributed by atoms with Crippen LogP contribution in [0.25, 0.3) is 6.20 Å². The summed E-state index contributed by atoms with van der Waals surface area (Å²) in [5, 5.41) is -1.04. The fraction of sp³-hybridized carbons (Fsp3) is 0.375. The molecule has 1 aromatic rings. The molecule has 0 N–H and O–H groups in total. The number of nitrogens with zero attached hydrogens (tertiary/aromatic N) is 2. The van der Waals surface area contributed by atoms with Crippen LogP contribution < -0.4 is 4.57 Å². The molecule has 0 aliphatic rings. The Balaban J connectivity index is 3.07. The van der Waals surface area contributed by atoms with Gasteiger partial charge in [-0.05, 0) is 6.42 Å². The monoisotopic (exact) mass is 216 g/mol. The van der Waals surface area contributed by atoms with E-state index in [1.54, 1.807) is 17.7 Å². The molecule has 1 rings (SSSR count). The lowest BCUT2D eigenvalue weighted by Gasteiger charge is -2.15. The minimum atomic E-state index is -4.30. The van der Waals surface area contributed by atoms with Gasteiger partial charge < -0.3 is 4.55 Å². The smallest absolute Gasteiger partial charge is 0.249 e. The van der Waals surface area contributed by atoms with E-state index in [1.165, 1.54) is 23.3 Å². The Kier molecular flexibility index (Phi) is 3.07. The van der Waals surface area contributed by atoms with Gasteiger partial charge in [0.2, 0.25) is 6.33 Å². The van der Waals surface area contributed by atoms with E-state index in [2.05, 4.69) is 6.58 Å². The first-order valence-electron chi connectivity index (χ1n) is 4.14. The van der Waals surface area contributed by atoms with Gasteiger partial charge in [-0.25, -0.2) is 17.6 Å². The maximum atomic E-state index is 10.8. The van der Waals surface area contributed by atoms with Gasteiger partial charge in [-0.15, -0.1) is 0 Å². The van der Waals surface area contributed by atoms with Gasteiger partial charge in [0.1, 0.15) is 22.5 Å². The van der Waals surface area contributed by atoms with Crippen LogP contribution in [-0.2, 0) is 10.1 Å². The molecule has 1 unspecified atom stereocenters. The van der Waals surface area contributed by atoms with Gasteiger partial charge in [0.15, 0.2) is 5.37 Å². The summed E-state index contributed by atoms with van der Waals surface area (Å²) in [7, 11) is -4.30. The van der Waals surface area contributed by atoms with Crippen molar-refractivity contribution in [3.63, 3.8) is 0 Å². The standard InChI is InChI=1S/C8H12N2O3S/c1-3-8(14(11,12)13)10-6-5-9(4-2)7-10/h4-8H,2-3H2,1H3. The van der Waals surface area contributed by atoms with Gasteiger partial charge in [0, 0.05) is 0 Å². The van der Waals surface area contributed by atoms with Crippen molar-refractivity contribution in [2.24, 2.45) is 0 Å². The van der Waals surface area contributed by atoms with E-state index in [0.29, 0.717) is 0 Å². The Morgan fingerprint density at radius 3 is 2.71 bits per heavy atom. The molecule has 0 radical (unpaired) electrons. The van der Waals surface area contributed by atoms with Gasteiger partial charge in [-0.2, -0.15) is 0 Å². The van der Waals surface area contributed by atoms with Crippen molar-refractivity contribution in [2.75, 3.05) is 0 Å². The molecule has 0 saturated carbocycles. The van der Waals surface area contributed by atoms with Crippen LogP contribution in [-0.4, -0.2) is 17.5 Å². The van der Waals surface area contributed by atoms with Crippen molar-refractivity contribution in [3.8, 4) is 0 Å². The molecule has 1 atom stereocenters. The summed E-state index contributed by atoms with van der Waals surface area (Å²) in [4.78, 5) is 0. The summed E-state index contributed by atoms with van der Waals surface area (Å²) in [6.45, 7) is 5.16. The highest BCUT2D eigenvalue weighted by molar-refractivity contribution is 7.85. The van der Waals surface area contributed by atoms with Crippen LogP contribution in [0.1, 0.15) is 18.7 Å². The average Bonchev–Trinajstić information content (AvgIpc) is 2.51. The first-order valence-corrected chi connectivity index (χ1v) is 5.61. The molecule has 0 spiro atoms. The summed E-state index contributed by atoms with van der Waals surface area (Å²) >= 11 is 0. The van der Waals surface area contributed by atoms with Crippen molar-refractivity contribution in [3.05, 3.63) is 25.3 Å². The van der Waals surface area contributed by atoms with Crippen molar-refractivity contribution in [2.45, 2.75) is 18.7 Å². The SMILES string of the molecule is C=Cn1cc[n+](C(CC)S(=O)(=O)[O-])c1. The van der Waals surface area contributed by atoms with E-state index < -0.39 is 15.5 Å². The molecule has 78 valence electrons. The summed E-state index contributed by atoms with van der Waals surface area (Å²) in [6, 6.07) is 0. The van der Waals surface area contributed by atoms with Crippen molar-refractivity contribution in [1.82, 2.24) is 4.57 Å². The molecule has 0 saturated heterocycles. The lowest BCUT2D eigenvalue weighted by molar-refractivity contribution is -0.701. The summed E-state index contributed by atoms with van der Waals surface area (Å²) in [5.74, 6) is 0. The fourth-order valence-corrected chi connectivity index (χ4v) is 2.06. The summed E-state index contributed by atoms with van der Waals surface area (Å²) in [5.41, 5.74) is 0. The Morgan fingerprint density at radius 2 is 2.36 bits per heavy atom. The molecule has 5 nitrogen and oxygen atoms in total. The van der Waals surface area contributed by atoms with Crippen molar-refractivity contribution >= 4 is 16.3 Å². The average molecular weight is 216 g/mol. The predicted molar refractivity (Wildman–Crippen MR) is 50.0 cm³/mol. The minimum absolute atomic E-state index is 0.248. The maximum absolute atomic E-state index is 10.8. The summed E-state index contributed by atoms with van der Waals surface area (Å²) in [6.07, 6.45) is 6.43. The van der Waals surface area contributed by atoms with Gasteiger partial charge in [-0.3, -0.25) is 0 Å². The van der Waals surface area contributed by atoms with E-state index in [9.17, 15) is 13.0 Å². The third-order valence-corrected chi connectivity index (χ3v) is 3.15. The van der Waals surface area contributed by atoms with Crippen LogP contribution in [0.15, 0.2) is 25.3 Å². The molecule has 0 bridgehead atoms. The lowest BCUT2D eigenvalue weighted by Crippen LogP contribution is -2.41. The van der Waals surface area contributed by atoms with Crippen molar-refractivity contribution < 1.29 is 17.5 Å². The normalized spacial score (nSPS) is 13.9. The second-order valence-corrected chi connectivity index (χ2v) is 4.38.